The Kier molecular flexibility index (Phi) is 3.44. The Morgan fingerprint density at radius 3 is 2.79 bits per heavy atom. The van der Waals surface area contributed by atoms with Crippen molar-refractivity contribution in [2.24, 2.45) is 0 Å². The fourth-order valence-electron chi connectivity index (χ4n) is 2.55. The number of aromatic nitrogens is 5. The molecule has 0 spiro atoms. The zero-order chi connectivity index (χ0) is 16.8. The van der Waals surface area contributed by atoms with Gasteiger partial charge in [-0.1, -0.05) is 35.3 Å². The summed E-state index contributed by atoms with van der Waals surface area (Å²) in [5, 5.41) is 3.35. The molecule has 120 valence electrons. The Morgan fingerprint density at radius 2 is 1.96 bits per heavy atom. The van der Waals surface area contributed by atoms with Gasteiger partial charge in [-0.25, -0.2) is 14.9 Å². The van der Waals surface area contributed by atoms with Crippen molar-refractivity contribution in [2.45, 2.75) is 6.92 Å². The van der Waals surface area contributed by atoms with Crippen LogP contribution in [0.4, 0.5) is 0 Å². The van der Waals surface area contributed by atoms with Crippen molar-refractivity contribution in [3.63, 3.8) is 0 Å². The Morgan fingerprint density at radius 1 is 1.12 bits per heavy atom. The molecule has 0 aliphatic carbocycles. The molecule has 0 saturated heterocycles. The fraction of sp³-hybridized carbons (Fsp3) is 0.0625. The van der Waals surface area contributed by atoms with Crippen LogP contribution in [0, 0.1) is 6.92 Å². The van der Waals surface area contributed by atoms with E-state index in [9.17, 15) is 4.79 Å². The maximum absolute atomic E-state index is 11.8. The molecular formula is C16H11Cl2N5O. The third-order valence-electron chi connectivity index (χ3n) is 3.66. The summed E-state index contributed by atoms with van der Waals surface area (Å²) >= 11 is 12.3. The van der Waals surface area contributed by atoms with Crippen LogP contribution in [-0.4, -0.2) is 24.7 Å². The summed E-state index contributed by atoms with van der Waals surface area (Å²) in [4.78, 5) is 23.5. The normalized spacial score (nSPS) is 11.3. The molecule has 8 heteroatoms. The number of fused-ring (bicyclic) bond motifs is 1. The highest BCUT2D eigenvalue weighted by Gasteiger charge is 2.17. The largest absolute Gasteiger partial charge is 0.362 e. The van der Waals surface area contributed by atoms with E-state index in [0.717, 1.165) is 16.6 Å². The summed E-state index contributed by atoms with van der Waals surface area (Å²) in [6.45, 7) is 2.00. The highest BCUT2D eigenvalue weighted by atomic mass is 35.5. The van der Waals surface area contributed by atoms with Crippen molar-refractivity contribution in [1.82, 2.24) is 24.7 Å². The van der Waals surface area contributed by atoms with Crippen LogP contribution in [0.2, 0.25) is 10.0 Å². The molecule has 4 aromatic rings. The quantitative estimate of drug-likeness (QED) is 0.572. The number of aryl methyl sites for hydroxylation is 1. The minimum Gasteiger partial charge on any atom is -0.322 e. The van der Waals surface area contributed by atoms with Gasteiger partial charge in [-0.2, -0.15) is 9.67 Å². The summed E-state index contributed by atoms with van der Waals surface area (Å²) in [6.07, 6.45) is 0. The van der Waals surface area contributed by atoms with Crippen LogP contribution >= 0.6 is 23.2 Å². The number of H-pyrrole nitrogens is 2. The number of aromatic amines is 2. The van der Waals surface area contributed by atoms with Gasteiger partial charge < -0.3 is 4.98 Å². The maximum atomic E-state index is 11.8. The van der Waals surface area contributed by atoms with Gasteiger partial charge in [-0.15, -0.1) is 0 Å². The standard InChI is InChI=1S/C16H11Cl2N5O/c1-8-5-6-11-12(7-8)20-15(19-11)23-14(21-16(24)22-23)9-3-2-4-10(17)13(9)18/h2-7H,1H3,(H,19,20)(H,22,24). The van der Waals surface area contributed by atoms with E-state index in [0.29, 0.717) is 27.4 Å². The summed E-state index contributed by atoms with van der Waals surface area (Å²) in [5.41, 5.74) is 2.79. The third kappa shape index (κ3) is 2.40. The summed E-state index contributed by atoms with van der Waals surface area (Å²) < 4.78 is 1.47. The minimum absolute atomic E-state index is 0.325. The van der Waals surface area contributed by atoms with E-state index in [2.05, 4.69) is 20.1 Å². The fourth-order valence-corrected chi connectivity index (χ4v) is 2.93. The summed E-state index contributed by atoms with van der Waals surface area (Å²) in [7, 11) is 0. The molecule has 2 aromatic heterocycles. The number of halogens is 2. The Labute approximate surface area is 146 Å². The first-order chi connectivity index (χ1) is 11.5. The van der Waals surface area contributed by atoms with Crippen LogP contribution in [0.3, 0.4) is 0 Å². The van der Waals surface area contributed by atoms with Crippen LogP contribution in [0.15, 0.2) is 41.2 Å². The van der Waals surface area contributed by atoms with Crippen LogP contribution < -0.4 is 5.69 Å². The first-order valence-corrected chi connectivity index (χ1v) is 7.89. The van der Waals surface area contributed by atoms with Gasteiger partial charge >= 0.3 is 5.69 Å². The van der Waals surface area contributed by atoms with Gasteiger partial charge in [0.1, 0.15) is 0 Å². The molecule has 0 saturated carbocycles. The minimum atomic E-state index is -0.502. The molecule has 0 fully saturated rings. The van der Waals surface area contributed by atoms with Crippen molar-refractivity contribution in [3.8, 4) is 17.3 Å². The van der Waals surface area contributed by atoms with Crippen molar-refractivity contribution in [1.29, 1.82) is 0 Å². The molecular weight excluding hydrogens is 349 g/mol. The average Bonchev–Trinajstić information content (AvgIpc) is 3.12. The van der Waals surface area contributed by atoms with Gasteiger partial charge in [-0.3, -0.25) is 0 Å². The monoisotopic (exact) mass is 359 g/mol. The molecule has 2 aromatic carbocycles. The highest BCUT2D eigenvalue weighted by Crippen LogP contribution is 2.32. The van der Waals surface area contributed by atoms with Crippen molar-refractivity contribution in [2.75, 3.05) is 0 Å². The predicted molar refractivity (Wildman–Crippen MR) is 94.0 cm³/mol. The van der Waals surface area contributed by atoms with Crippen molar-refractivity contribution >= 4 is 34.2 Å². The van der Waals surface area contributed by atoms with E-state index in [-0.39, 0.29) is 0 Å². The average molecular weight is 360 g/mol. The predicted octanol–water partition coefficient (Wildman–Crippen LogP) is 3.72. The number of hydrogen-bond acceptors (Lipinski definition) is 3. The SMILES string of the molecule is Cc1ccc2nc(-n3[nH]c(=O)nc3-c3cccc(Cl)c3Cl)[nH]c2c1. The molecule has 0 aliphatic rings. The van der Waals surface area contributed by atoms with Crippen molar-refractivity contribution in [3.05, 3.63) is 62.5 Å². The van der Waals surface area contributed by atoms with E-state index in [1.165, 1.54) is 4.68 Å². The van der Waals surface area contributed by atoms with E-state index < -0.39 is 5.69 Å². The van der Waals surface area contributed by atoms with Gasteiger partial charge in [-0.05, 0) is 36.8 Å². The lowest BCUT2D eigenvalue weighted by Gasteiger charge is -2.06. The summed E-state index contributed by atoms with van der Waals surface area (Å²) in [6, 6.07) is 11.0. The lowest BCUT2D eigenvalue weighted by Crippen LogP contribution is -2.06. The van der Waals surface area contributed by atoms with Gasteiger partial charge in [0.05, 0.1) is 21.1 Å². The van der Waals surface area contributed by atoms with E-state index in [1.807, 2.05) is 25.1 Å². The molecule has 0 unspecified atom stereocenters. The highest BCUT2D eigenvalue weighted by molar-refractivity contribution is 6.43. The smallest absolute Gasteiger partial charge is 0.322 e. The van der Waals surface area contributed by atoms with Gasteiger partial charge in [0, 0.05) is 5.56 Å². The second-order valence-electron chi connectivity index (χ2n) is 5.37. The Bertz CT molecular complexity index is 1130. The lowest BCUT2D eigenvalue weighted by atomic mass is 10.2. The van der Waals surface area contributed by atoms with Crippen LogP contribution in [-0.2, 0) is 0 Å². The van der Waals surface area contributed by atoms with E-state index in [4.69, 9.17) is 23.2 Å². The van der Waals surface area contributed by atoms with Crippen LogP contribution in [0.1, 0.15) is 5.56 Å². The van der Waals surface area contributed by atoms with E-state index >= 15 is 0 Å². The molecule has 4 rings (SSSR count). The zero-order valence-corrected chi connectivity index (χ0v) is 14.0. The third-order valence-corrected chi connectivity index (χ3v) is 4.47. The number of rotatable bonds is 2. The Hall–Kier alpha value is -2.57. The first kappa shape index (κ1) is 15.0. The maximum Gasteiger partial charge on any atom is 0.362 e. The molecule has 2 N–H and O–H groups in total. The molecule has 0 amide bonds. The van der Waals surface area contributed by atoms with Gasteiger partial charge in [0.15, 0.2) is 5.82 Å². The molecule has 0 radical (unpaired) electrons. The number of nitrogens with zero attached hydrogens (tertiary/aromatic N) is 3. The Balaban J connectivity index is 1.95. The van der Waals surface area contributed by atoms with Crippen LogP contribution in [0.25, 0.3) is 28.4 Å². The number of nitrogens with one attached hydrogen (secondary N) is 2. The molecule has 0 bridgehead atoms. The van der Waals surface area contributed by atoms with Crippen molar-refractivity contribution < 1.29 is 0 Å². The topological polar surface area (TPSA) is 79.4 Å². The second-order valence-corrected chi connectivity index (χ2v) is 6.16. The number of imidazole rings is 1. The molecule has 0 atom stereocenters. The van der Waals surface area contributed by atoms with Gasteiger partial charge in [0.2, 0.25) is 5.95 Å². The molecule has 2 heterocycles. The lowest BCUT2D eigenvalue weighted by molar-refractivity contribution is 0.823. The second kappa shape index (κ2) is 5.51. The van der Waals surface area contributed by atoms with Crippen LogP contribution in [0.5, 0.6) is 0 Å². The molecule has 24 heavy (non-hydrogen) atoms. The first-order valence-electron chi connectivity index (χ1n) is 7.13. The molecule has 0 aliphatic heterocycles. The molecule has 6 nitrogen and oxygen atoms in total. The number of benzene rings is 2. The van der Waals surface area contributed by atoms with Gasteiger partial charge in [0.25, 0.3) is 0 Å². The number of hydrogen-bond donors (Lipinski definition) is 2. The zero-order valence-electron chi connectivity index (χ0n) is 12.5. The summed E-state index contributed by atoms with van der Waals surface area (Å²) in [5.74, 6) is 0.777. The van der Waals surface area contributed by atoms with E-state index in [1.54, 1.807) is 18.2 Å².